The number of hydrogen-bond donors (Lipinski definition) is 2. The molecule has 0 aliphatic heterocycles. The Bertz CT molecular complexity index is 517. The first-order valence-corrected chi connectivity index (χ1v) is 6.70. The van der Waals surface area contributed by atoms with Crippen molar-refractivity contribution in [3.63, 3.8) is 0 Å². The van der Waals surface area contributed by atoms with Gasteiger partial charge in [-0.3, -0.25) is 5.32 Å². The number of aliphatic carboxylic acids is 1. The van der Waals surface area contributed by atoms with Crippen LogP contribution in [0.1, 0.15) is 25.3 Å². The zero-order valence-corrected chi connectivity index (χ0v) is 12.0. The van der Waals surface area contributed by atoms with Gasteiger partial charge in [0.05, 0.1) is 0 Å². The summed E-state index contributed by atoms with van der Waals surface area (Å²) in [5.41, 5.74) is 7.63. The Morgan fingerprint density at radius 2 is 2.35 bits per heavy atom. The van der Waals surface area contributed by atoms with E-state index in [1.807, 2.05) is 0 Å². The van der Waals surface area contributed by atoms with E-state index in [0.717, 1.165) is 0 Å². The molecule has 0 saturated carbocycles. The standard InChI is InChI=1S/C13H17ClN4O2/c1-2-13(12(19)20,16-7-4-8-17-18-15)10-5-3-6-11(14)9-10/h3,5-6,9,16H,2,4,7-8H2,1H3,(H,19,20). The molecule has 1 atom stereocenters. The molecule has 1 rings (SSSR count). The van der Waals surface area contributed by atoms with Gasteiger partial charge in [0, 0.05) is 16.5 Å². The molecule has 0 heterocycles. The number of nitrogens with zero attached hydrogens (tertiary/aromatic N) is 3. The second-order valence-corrected chi connectivity index (χ2v) is 4.75. The van der Waals surface area contributed by atoms with Crippen LogP contribution in [0.15, 0.2) is 29.4 Å². The largest absolute Gasteiger partial charge is 0.480 e. The lowest BCUT2D eigenvalue weighted by Gasteiger charge is -2.30. The van der Waals surface area contributed by atoms with Crippen molar-refractivity contribution >= 4 is 17.6 Å². The molecule has 0 amide bonds. The Labute approximate surface area is 122 Å². The normalized spacial score (nSPS) is 13.3. The summed E-state index contributed by atoms with van der Waals surface area (Å²) in [7, 11) is 0. The fraction of sp³-hybridized carbons (Fsp3) is 0.462. The molecular formula is C13H17ClN4O2. The topological polar surface area (TPSA) is 98.1 Å². The van der Waals surface area contributed by atoms with Gasteiger partial charge in [0.15, 0.2) is 0 Å². The summed E-state index contributed by atoms with van der Waals surface area (Å²) in [5.74, 6) is -0.953. The molecule has 0 aliphatic carbocycles. The lowest BCUT2D eigenvalue weighted by atomic mass is 9.87. The molecule has 20 heavy (non-hydrogen) atoms. The van der Waals surface area contributed by atoms with Crippen molar-refractivity contribution in [1.82, 2.24) is 5.32 Å². The van der Waals surface area contributed by atoms with Crippen LogP contribution in [0.25, 0.3) is 10.4 Å². The van der Waals surface area contributed by atoms with Crippen LogP contribution in [0, 0.1) is 0 Å². The van der Waals surface area contributed by atoms with Gasteiger partial charge in [0.2, 0.25) is 0 Å². The molecule has 1 unspecified atom stereocenters. The van der Waals surface area contributed by atoms with Crippen LogP contribution in [0.2, 0.25) is 5.02 Å². The predicted molar refractivity (Wildman–Crippen MR) is 77.7 cm³/mol. The molecule has 1 aromatic rings. The number of carboxylic acids is 1. The van der Waals surface area contributed by atoms with Crippen molar-refractivity contribution in [3.05, 3.63) is 45.3 Å². The number of azide groups is 1. The number of halogens is 1. The fourth-order valence-corrected chi connectivity index (χ4v) is 2.22. The minimum atomic E-state index is -1.18. The SMILES string of the molecule is CCC(NCCCN=[N+]=[N-])(C(=O)O)c1cccc(Cl)c1. The van der Waals surface area contributed by atoms with Crippen molar-refractivity contribution in [2.75, 3.05) is 13.1 Å². The van der Waals surface area contributed by atoms with Crippen LogP contribution in [-0.4, -0.2) is 24.2 Å². The van der Waals surface area contributed by atoms with Crippen molar-refractivity contribution in [2.24, 2.45) is 5.11 Å². The molecule has 7 heteroatoms. The number of nitrogens with one attached hydrogen (secondary N) is 1. The lowest BCUT2D eigenvalue weighted by Crippen LogP contribution is -2.49. The van der Waals surface area contributed by atoms with E-state index in [0.29, 0.717) is 36.5 Å². The average Bonchev–Trinajstić information content (AvgIpc) is 2.43. The maximum absolute atomic E-state index is 11.7. The molecule has 6 nitrogen and oxygen atoms in total. The third-order valence-corrected chi connectivity index (χ3v) is 3.37. The Kier molecular flexibility index (Phi) is 6.31. The van der Waals surface area contributed by atoms with Crippen molar-refractivity contribution in [1.29, 1.82) is 0 Å². The summed E-state index contributed by atoms with van der Waals surface area (Å²) in [4.78, 5) is 14.4. The van der Waals surface area contributed by atoms with Crippen molar-refractivity contribution in [3.8, 4) is 0 Å². The summed E-state index contributed by atoms with van der Waals surface area (Å²) < 4.78 is 0. The van der Waals surface area contributed by atoms with E-state index < -0.39 is 11.5 Å². The van der Waals surface area contributed by atoms with Crippen LogP contribution in [-0.2, 0) is 10.3 Å². The van der Waals surface area contributed by atoms with E-state index in [1.165, 1.54) is 0 Å². The molecule has 0 saturated heterocycles. The predicted octanol–water partition coefficient (Wildman–Crippen LogP) is 3.32. The molecule has 0 aromatic heterocycles. The third-order valence-electron chi connectivity index (χ3n) is 3.14. The van der Waals surface area contributed by atoms with Crippen LogP contribution < -0.4 is 5.32 Å². The summed E-state index contributed by atoms with van der Waals surface area (Å²) in [6.07, 6.45) is 0.948. The van der Waals surface area contributed by atoms with Gasteiger partial charge in [-0.2, -0.15) is 0 Å². The maximum atomic E-state index is 11.7. The highest BCUT2D eigenvalue weighted by Crippen LogP contribution is 2.27. The maximum Gasteiger partial charge on any atom is 0.328 e. The van der Waals surface area contributed by atoms with Crippen LogP contribution in [0.3, 0.4) is 0 Å². The van der Waals surface area contributed by atoms with Gasteiger partial charge >= 0.3 is 5.97 Å². The minimum Gasteiger partial charge on any atom is -0.480 e. The Morgan fingerprint density at radius 3 is 2.90 bits per heavy atom. The first kappa shape index (κ1) is 16.3. The highest BCUT2D eigenvalue weighted by Gasteiger charge is 2.38. The average molecular weight is 297 g/mol. The Balaban J connectivity index is 2.92. The van der Waals surface area contributed by atoms with Gasteiger partial charge in [-0.05, 0) is 42.6 Å². The molecule has 108 valence electrons. The van der Waals surface area contributed by atoms with E-state index in [-0.39, 0.29) is 0 Å². The van der Waals surface area contributed by atoms with Crippen molar-refractivity contribution < 1.29 is 9.90 Å². The quantitative estimate of drug-likeness (QED) is 0.333. The zero-order chi connectivity index (χ0) is 15.0. The van der Waals surface area contributed by atoms with E-state index in [2.05, 4.69) is 15.3 Å². The highest BCUT2D eigenvalue weighted by atomic mass is 35.5. The van der Waals surface area contributed by atoms with Crippen LogP contribution >= 0.6 is 11.6 Å². The van der Waals surface area contributed by atoms with Gasteiger partial charge in [-0.15, -0.1) is 0 Å². The van der Waals surface area contributed by atoms with E-state index in [4.69, 9.17) is 17.1 Å². The number of carbonyl (C=O) groups is 1. The molecule has 2 N–H and O–H groups in total. The van der Waals surface area contributed by atoms with Crippen molar-refractivity contribution in [2.45, 2.75) is 25.3 Å². The second-order valence-electron chi connectivity index (χ2n) is 4.31. The smallest absolute Gasteiger partial charge is 0.328 e. The fourth-order valence-electron chi connectivity index (χ4n) is 2.03. The van der Waals surface area contributed by atoms with E-state index >= 15 is 0 Å². The second kappa shape index (κ2) is 7.75. The molecule has 0 spiro atoms. The van der Waals surface area contributed by atoms with Crippen LogP contribution in [0.4, 0.5) is 0 Å². The number of hydrogen-bond acceptors (Lipinski definition) is 3. The molecule has 0 bridgehead atoms. The van der Waals surface area contributed by atoms with Gasteiger partial charge in [0.25, 0.3) is 0 Å². The monoisotopic (exact) mass is 296 g/mol. The summed E-state index contributed by atoms with van der Waals surface area (Å²) in [6, 6.07) is 6.82. The van der Waals surface area contributed by atoms with Crippen LogP contribution in [0.5, 0.6) is 0 Å². The molecule has 0 fully saturated rings. The molecule has 0 radical (unpaired) electrons. The van der Waals surface area contributed by atoms with Gasteiger partial charge in [-0.25, -0.2) is 4.79 Å². The Hall–Kier alpha value is -1.75. The zero-order valence-electron chi connectivity index (χ0n) is 11.2. The number of rotatable bonds is 8. The number of carboxylic acid groups (broad SMARTS) is 1. The third kappa shape index (κ3) is 3.87. The van der Waals surface area contributed by atoms with E-state index in [9.17, 15) is 9.90 Å². The minimum absolute atomic E-state index is 0.332. The Morgan fingerprint density at radius 1 is 1.60 bits per heavy atom. The summed E-state index contributed by atoms with van der Waals surface area (Å²) >= 11 is 5.94. The molecule has 0 aliphatic rings. The van der Waals surface area contributed by atoms with Gasteiger partial charge < -0.3 is 5.11 Å². The molecular weight excluding hydrogens is 280 g/mol. The molecule has 1 aromatic carbocycles. The first-order chi connectivity index (χ1) is 9.56. The van der Waals surface area contributed by atoms with Gasteiger partial charge in [0.1, 0.15) is 5.54 Å². The lowest BCUT2D eigenvalue weighted by molar-refractivity contribution is -0.145. The first-order valence-electron chi connectivity index (χ1n) is 6.32. The summed E-state index contributed by atoms with van der Waals surface area (Å²) in [6.45, 7) is 2.57. The van der Waals surface area contributed by atoms with E-state index in [1.54, 1.807) is 31.2 Å². The number of benzene rings is 1. The van der Waals surface area contributed by atoms with Gasteiger partial charge in [-0.1, -0.05) is 35.8 Å². The summed E-state index contributed by atoms with van der Waals surface area (Å²) in [5, 5.41) is 16.5. The highest BCUT2D eigenvalue weighted by molar-refractivity contribution is 6.30.